The van der Waals surface area contributed by atoms with Crippen LogP contribution in [-0.2, 0) is 0 Å². The van der Waals surface area contributed by atoms with Crippen LogP contribution in [0.15, 0.2) is 152 Å². The van der Waals surface area contributed by atoms with Crippen molar-refractivity contribution >= 4 is 28.8 Å². The largest absolute Gasteiger partial charge is 0.265 e. The minimum absolute atomic E-state index is 0.939. The molecule has 0 fully saturated rings. The smallest absolute Gasteiger partial charge is 0.184 e. The summed E-state index contributed by atoms with van der Waals surface area (Å²) in [6.45, 7) is 0. The number of rotatable bonds is 6. The fourth-order valence-electron chi connectivity index (χ4n) is 5.31. The molecule has 0 saturated heterocycles. The average Bonchev–Trinajstić information content (AvgIpc) is 3.00. The van der Waals surface area contributed by atoms with Gasteiger partial charge in [0.2, 0.25) is 0 Å². The molecule has 0 amide bonds. The highest BCUT2D eigenvalue weighted by Crippen LogP contribution is 2.23. The zero-order chi connectivity index (χ0) is 24.9. The van der Waals surface area contributed by atoms with E-state index in [0.29, 0.717) is 0 Å². The second kappa shape index (κ2) is 10.1. The molecule has 3 aromatic heterocycles. The second-order valence-corrected chi connectivity index (χ2v) is 12.6. The van der Waals surface area contributed by atoms with Gasteiger partial charge in [-0.25, -0.2) is 0 Å². The van der Waals surface area contributed by atoms with Gasteiger partial charge in [-0.15, -0.1) is 0 Å². The van der Waals surface area contributed by atoms with E-state index < -0.39 is 8.07 Å². The summed E-state index contributed by atoms with van der Waals surface area (Å²) in [6.07, 6.45) is 9.74. The summed E-state index contributed by atoms with van der Waals surface area (Å²) in [5, 5.41) is 4.97. The first kappa shape index (κ1) is 22.8. The van der Waals surface area contributed by atoms with E-state index in [1.54, 1.807) is 0 Å². The van der Waals surface area contributed by atoms with Crippen LogP contribution in [0.5, 0.6) is 0 Å². The molecular weight excluding hydrogens is 466 g/mol. The van der Waals surface area contributed by atoms with Gasteiger partial charge in [-0.05, 0) is 56.1 Å². The molecule has 0 unspecified atom stereocenters. The van der Waals surface area contributed by atoms with Gasteiger partial charge < -0.3 is 0 Å². The molecule has 0 N–H and O–H groups in total. The van der Waals surface area contributed by atoms with Crippen molar-refractivity contribution in [3.05, 3.63) is 152 Å². The van der Waals surface area contributed by atoms with E-state index >= 15 is 0 Å². The molecule has 37 heavy (non-hydrogen) atoms. The van der Waals surface area contributed by atoms with E-state index in [-0.39, 0.29) is 0 Å². The monoisotopic (exact) mass is 491 g/mol. The number of nitrogens with zero attached hydrogens (tertiary/aromatic N) is 3. The third kappa shape index (κ3) is 4.07. The molecule has 3 heterocycles. The molecule has 0 aliphatic rings. The number of benzene rings is 3. The van der Waals surface area contributed by atoms with Crippen molar-refractivity contribution in [3.63, 3.8) is 0 Å². The molecule has 0 bridgehead atoms. The topological polar surface area (TPSA) is 38.7 Å². The standard InChI is InChI=1S/C33H25N3Si/c1-4-12-26(13-5-1)29-19-22-34-24-32(29)37(27-14-6-2-7-15-27,28-16-8-3-9-17-28)33-25-35-23-20-30(33)31-18-10-11-21-36-31/h1-25H. The van der Waals surface area contributed by atoms with Crippen LogP contribution >= 0.6 is 0 Å². The zero-order valence-electron chi connectivity index (χ0n) is 20.3. The van der Waals surface area contributed by atoms with Gasteiger partial charge in [0.15, 0.2) is 8.07 Å². The van der Waals surface area contributed by atoms with E-state index in [2.05, 4.69) is 122 Å². The van der Waals surface area contributed by atoms with Gasteiger partial charge >= 0.3 is 0 Å². The maximum atomic E-state index is 4.76. The Hall–Kier alpha value is -4.67. The number of hydrogen-bond acceptors (Lipinski definition) is 3. The lowest BCUT2D eigenvalue weighted by molar-refractivity contribution is 1.30. The van der Waals surface area contributed by atoms with Crippen LogP contribution in [0.1, 0.15) is 0 Å². The van der Waals surface area contributed by atoms with Gasteiger partial charge in [-0.1, -0.05) is 97.1 Å². The van der Waals surface area contributed by atoms with Crippen LogP contribution in [0, 0.1) is 0 Å². The Balaban J connectivity index is 1.80. The molecular formula is C33H25N3Si. The predicted octanol–water partition coefficient (Wildman–Crippen LogP) is 4.58. The summed E-state index contributed by atoms with van der Waals surface area (Å²) in [6, 6.07) is 42.7. The van der Waals surface area contributed by atoms with Gasteiger partial charge in [0.1, 0.15) is 0 Å². The van der Waals surface area contributed by atoms with Crippen LogP contribution in [0.3, 0.4) is 0 Å². The lowest BCUT2D eigenvalue weighted by Gasteiger charge is -2.36. The molecule has 0 spiro atoms. The molecule has 6 rings (SSSR count). The minimum atomic E-state index is -2.92. The third-order valence-corrected chi connectivity index (χ3v) is 11.7. The molecule has 3 nitrogen and oxygen atoms in total. The van der Waals surface area contributed by atoms with Crippen molar-refractivity contribution in [1.82, 2.24) is 15.0 Å². The maximum Gasteiger partial charge on any atom is 0.184 e. The van der Waals surface area contributed by atoms with E-state index in [1.165, 1.54) is 31.9 Å². The average molecular weight is 492 g/mol. The van der Waals surface area contributed by atoms with Crippen molar-refractivity contribution in [3.8, 4) is 22.4 Å². The van der Waals surface area contributed by atoms with Gasteiger partial charge in [0, 0.05) is 36.5 Å². The fraction of sp³-hybridized carbons (Fsp3) is 0. The molecule has 0 aliphatic heterocycles. The molecule has 0 saturated carbocycles. The Morgan fingerprint density at radius 3 is 1.51 bits per heavy atom. The minimum Gasteiger partial charge on any atom is -0.265 e. The summed E-state index contributed by atoms with van der Waals surface area (Å²) in [7, 11) is -2.92. The molecule has 0 radical (unpaired) electrons. The Kier molecular flexibility index (Phi) is 6.23. The lowest BCUT2D eigenvalue weighted by Crippen LogP contribution is -2.75. The normalized spacial score (nSPS) is 11.2. The zero-order valence-corrected chi connectivity index (χ0v) is 21.3. The fourth-order valence-corrected chi connectivity index (χ4v) is 10.3. The van der Waals surface area contributed by atoms with Crippen LogP contribution in [0.2, 0.25) is 0 Å². The van der Waals surface area contributed by atoms with Crippen molar-refractivity contribution in [1.29, 1.82) is 0 Å². The van der Waals surface area contributed by atoms with Crippen molar-refractivity contribution in [2.75, 3.05) is 0 Å². The van der Waals surface area contributed by atoms with Gasteiger partial charge in [0.25, 0.3) is 0 Å². The SMILES string of the molecule is c1ccc(-c2ccncc2[Si](c2ccccc2)(c2ccccc2)c2cnccc2-c2ccccn2)cc1. The summed E-state index contributed by atoms with van der Waals surface area (Å²) >= 11 is 0. The quantitative estimate of drug-likeness (QED) is 0.320. The highest BCUT2D eigenvalue weighted by molar-refractivity contribution is 7.20. The Morgan fingerprint density at radius 2 is 0.946 bits per heavy atom. The van der Waals surface area contributed by atoms with Crippen molar-refractivity contribution < 1.29 is 0 Å². The highest BCUT2D eigenvalue weighted by Gasteiger charge is 2.45. The molecule has 176 valence electrons. The number of hydrogen-bond donors (Lipinski definition) is 0. The molecule has 0 atom stereocenters. The van der Waals surface area contributed by atoms with Crippen molar-refractivity contribution in [2.24, 2.45) is 0 Å². The van der Waals surface area contributed by atoms with Gasteiger partial charge in [-0.2, -0.15) is 0 Å². The van der Waals surface area contributed by atoms with Crippen LogP contribution < -0.4 is 20.7 Å². The second-order valence-electron chi connectivity index (χ2n) is 8.91. The van der Waals surface area contributed by atoms with E-state index in [0.717, 1.165) is 11.3 Å². The summed E-state index contributed by atoms with van der Waals surface area (Å²) in [5.41, 5.74) is 4.39. The maximum absolute atomic E-state index is 4.76. The van der Waals surface area contributed by atoms with Crippen LogP contribution in [0.4, 0.5) is 0 Å². The van der Waals surface area contributed by atoms with Crippen molar-refractivity contribution in [2.45, 2.75) is 0 Å². The van der Waals surface area contributed by atoms with E-state index in [9.17, 15) is 0 Å². The summed E-state index contributed by atoms with van der Waals surface area (Å²) in [4.78, 5) is 14.2. The molecule has 0 aliphatic carbocycles. The van der Waals surface area contributed by atoms with Crippen LogP contribution in [0.25, 0.3) is 22.4 Å². The summed E-state index contributed by atoms with van der Waals surface area (Å²) in [5.74, 6) is 0. The summed E-state index contributed by atoms with van der Waals surface area (Å²) < 4.78 is 0. The molecule has 4 heteroatoms. The van der Waals surface area contributed by atoms with Crippen LogP contribution in [-0.4, -0.2) is 23.0 Å². The lowest BCUT2D eigenvalue weighted by atomic mass is 10.1. The number of aromatic nitrogens is 3. The highest BCUT2D eigenvalue weighted by atomic mass is 28.3. The first-order chi connectivity index (χ1) is 18.4. The van der Waals surface area contributed by atoms with Gasteiger partial charge in [-0.3, -0.25) is 15.0 Å². The Labute approximate surface area is 218 Å². The third-order valence-electron chi connectivity index (χ3n) is 6.89. The Morgan fingerprint density at radius 1 is 0.432 bits per heavy atom. The number of pyridine rings is 3. The first-order valence-corrected chi connectivity index (χ1v) is 14.4. The molecule has 3 aromatic carbocycles. The van der Waals surface area contributed by atoms with E-state index in [1.807, 2.05) is 30.7 Å². The Bertz CT molecular complexity index is 1480. The predicted molar refractivity (Wildman–Crippen MR) is 154 cm³/mol. The first-order valence-electron chi connectivity index (χ1n) is 12.4. The van der Waals surface area contributed by atoms with E-state index in [4.69, 9.17) is 15.0 Å². The van der Waals surface area contributed by atoms with Gasteiger partial charge in [0.05, 0.1) is 5.69 Å². The molecule has 6 aromatic rings.